The van der Waals surface area contributed by atoms with Crippen molar-refractivity contribution < 1.29 is 22.7 Å². The molecule has 0 heterocycles. The van der Waals surface area contributed by atoms with Crippen LogP contribution in [0.2, 0.25) is 0 Å². The lowest BCUT2D eigenvalue weighted by Gasteiger charge is -2.25. The summed E-state index contributed by atoms with van der Waals surface area (Å²) < 4.78 is 33.4. The van der Waals surface area contributed by atoms with Crippen LogP contribution in [0.5, 0.6) is 5.75 Å². The first-order chi connectivity index (χ1) is 19.8. The Morgan fingerprint density at radius 1 is 0.829 bits per heavy atom. The molecular formula is C31H30N4O5S. The first kappa shape index (κ1) is 29.0. The molecule has 0 aliphatic heterocycles. The quantitative estimate of drug-likeness (QED) is 0.197. The number of ether oxygens (including phenoxy) is 1. The van der Waals surface area contributed by atoms with Gasteiger partial charge in [-0.1, -0.05) is 66.7 Å². The van der Waals surface area contributed by atoms with Gasteiger partial charge in [0.25, 0.3) is 21.8 Å². The molecule has 0 aliphatic carbocycles. The largest absolute Gasteiger partial charge is 0.484 e. The molecule has 4 aromatic rings. The van der Waals surface area contributed by atoms with Crippen LogP contribution in [0, 0.1) is 6.92 Å². The minimum absolute atomic E-state index is 0.0792. The summed E-state index contributed by atoms with van der Waals surface area (Å²) in [5.74, 6) is -0.345. The second-order valence-corrected chi connectivity index (χ2v) is 10.9. The number of amides is 2. The molecule has 0 spiro atoms. The predicted octanol–water partition coefficient (Wildman–Crippen LogP) is 4.04. The molecule has 0 saturated heterocycles. The van der Waals surface area contributed by atoms with Gasteiger partial charge in [-0.25, -0.2) is 13.8 Å². The molecule has 0 aromatic heterocycles. The molecule has 9 nitrogen and oxygen atoms in total. The summed E-state index contributed by atoms with van der Waals surface area (Å²) in [4.78, 5) is 24.9. The summed E-state index contributed by atoms with van der Waals surface area (Å²) in [6.07, 6.45) is 1.43. The number of carbonyl (C=O) groups is 2. The van der Waals surface area contributed by atoms with Gasteiger partial charge >= 0.3 is 0 Å². The van der Waals surface area contributed by atoms with Crippen molar-refractivity contribution in [1.29, 1.82) is 0 Å². The zero-order valence-electron chi connectivity index (χ0n) is 22.4. The highest BCUT2D eigenvalue weighted by atomic mass is 32.2. The van der Waals surface area contributed by atoms with E-state index >= 15 is 0 Å². The predicted molar refractivity (Wildman–Crippen MR) is 158 cm³/mol. The summed E-state index contributed by atoms with van der Waals surface area (Å²) in [5, 5.41) is 6.77. The minimum atomic E-state index is -4.01. The third-order valence-electron chi connectivity index (χ3n) is 5.99. The van der Waals surface area contributed by atoms with Crippen LogP contribution < -0.4 is 19.8 Å². The van der Waals surface area contributed by atoms with Crippen LogP contribution in [0.4, 0.5) is 5.69 Å². The Balaban J connectivity index is 1.32. The van der Waals surface area contributed by atoms with E-state index < -0.39 is 22.5 Å². The van der Waals surface area contributed by atoms with Gasteiger partial charge in [0.05, 0.1) is 16.8 Å². The third-order valence-corrected chi connectivity index (χ3v) is 7.76. The standard InChI is InChI=1S/C31H30N4O5S/c1-24-10-8-9-15-29(24)35(41(38,39)28-13-6-3-7-14-28)22-30(36)34-33-21-26-16-18-27(19-17-26)40-23-31(37)32-20-25-11-4-2-5-12-25/h2-19,21H,20,22-23H2,1H3,(H,32,37)(H,34,36)/b33-21-. The minimum Gasteiger partial charge on any atom is -0.484 e. The van der Waals surface area contributed by atoms with E-state index in [1.807, 2.05) is 30.3 Å². The second-order valence-electron chi connectivity index (χ2n) is 9.02. The fourth-order valence-corrected chi connectivity index (χ4v) is 5.36. The van der Waals surface area contributed by atoms with Crippen molar-refractivity contribution in [3.8, 4) is 5.75 Å². The average Bonchev–Trinajstić information content (AvgIpc) is 3.00. The lowest BCUT2D eigenvalue weighted by atomic mass is 10.2. The number of hydrazone groups is 1. The third kappa shape index (κ3) is 8.26. The van der Waals surface area contributed by atoms with E-state index in [1.54, 1.807) is 73.7 Å². The fraction of sp³-hybridized carbons (Fsp3) is 0.129. The van der Waals surface area contributed by atoms with E-state index in [0.717, 1.165) is 9.87 Å². The van der Waals surface area contributed by atoms with Crippen LogP contribution in [-0.4, -0.2) is 39.6 Å². The van der Waals surface area contributed by atoms with Crippen LogP contribution in [0.1, 0.15) is 16.7 Å². The number of hydrogen-bond donors (Lipinski definition) is 2. The maximum Gasteiger partial charge on any atom is 0.264 e. The van der Waals surface area contributed by atoms with Gasteiger partial charge in [0, 0.05) is 6.54 Å². The molecule has 0 bridgehead atoms. The Labute approximate surface area is 239 Å². The number of carbonyl (C=O) groups excluding carboxylic acids is 2. The number of aryl methyl sites for hydroxylation is 1. The monoisotopic (exact) mass is 570 g/mol. The molecule has 2 amide bonds. The van der Waals surface area contributed by atoms with Gasteiger partial charge < -0.3 is 10.1 Å². The fourth-order valence-electron chi connectivity index (χ4n) is 3.85. The Morgan fingerprint density at radius 2 is 1.46 bits per heavy atom. The van der Waals surface area contributed by atoms with Gasteiger partial charge in [-0.05, 0) is 66.1 Å². The summed E-state index contributed by atoms with van der Waals surface area (Å²) >= 11 is 0. The number of para-hydroxylation sites is 1. The summed E-state index contributed by atoms with van der Waals surface area (Å²) in [6.45, 7) is 1.62. The maximum atomic E-state index is 13.4. The Morgan fingerprint density at radius 3 is 2.15 bits per heavy atom. The van der Waals surface area contributed by atoms with Gasteiger partial charge in [0.15, 0.2) is 6.61 Å². The molecule has 0 saturated carbocycles. The van der Waals surface area contributed by atoms with Gasteiger partial charge in [-0.2, -0.15) is 5.10 Å². The van der Waals surface area contributed by atoms with E-state index in [2.05, 4.69) is 15.8 Å². The number of benzene rings is 4. The molecule has 4 rings (SSSR count). The molecule has 0 unspecified atom stereocenters. The van der Waals surface area contributed by atoms with Crippen LogP contribution in [-0.2, 0) is 26.2 Å². The molecule has 4 aromatic carbocycles. The highest BCUT2D eigenvalue weighted by molar-refractivity contribution is 7.92. The highest BCUT2D eigenvalue weighted by Crippen LogP contribution is 2.26. The number of nitrogens with one attached hydrogen (secondary N) is 2. The molecule has 41 heavy (non-hydrogen) atoms. The average molecular weight is 571 g/mol. The lowest BCUT2D eigenvalue weighted by molar-refractivity contribution is -0.123. The zero-order chi connectivity index (χ0) is 29.1. The van der Waals surface area contributed by atoms with Crippen molar-refractivity contribution >= 4 is 33.7 Å². The van der Waals surface area contributed by atoms with E-state index in [-0.39, 0.29) is 17.4 Å². The molecule has 0 atom stereocenters. The molecule has 0 fully saturated rings. The normalized spacial score (nSPS) is 11.1. The zero-order valence-corrected chi connectivity index (χ0v) is 23.3. The number of nitrogens with zero attached hydrogens (tertiary/aromatic N) is 2. The van der Waals surface area contributed by atoms with Crippen molar-refractivity contribution in [3.05, 3.63) is 126 Å². The van der Waals surface area contributed by atoms with E-state index in [4.69, 9.17) is 4.74 Å². The van der Waals surface area contributed by atoms with Gasteiger partial charge in [-0.3, -0.25) is 13.9 Å². The van der Waals surface area contributed by atoms with E-state index in [0.29, 0.717) is 29.1 Å². The van der Waals surface area contributed by atoms with Crippen molar-refractivity contribution in [2.75, 3.05) is 17.5 Å². The number of rotatable bonds is 12. The van der Waals surface area contributed by atoms with Gasteiger partial charge in [-0.15, -0.1) is 0 Å². The van der Waals surface area contributed by atoms with Crippen LogP contribution >= 0.6 is 0 Å². The van der Waals surface area contributed by atoms with E-state index in [1.165, 1.54) is 18.3 Å². The molecule has 210 valence electrons. The topological polar surface area (TPSA) is 117 Å². The Kier molecular flexibility index (Phi) is 9.85. The maximum absolute atomic E-state index is 13.4. The first-order valence-corrected chi connectivity index (χ1v) is 14.3. The van der Waals surface area contributed by atoms with Gasteiger partial charge in [0.1, 0.15) is 12.3 Å². The number of sulfonamides is 1. The smallest absolute Gasteiger partial charge is 0.264 e. The first-order valence-electron chi connectivity index (χ1n) is 12.8. The SMILES string of the molecule is Cc1ccccc1N(CC(=O)N/N=C\c1ccc(OCC(=O)NCc2ccccc2)cc1)S(=O)(=O)c1ccccc1. The molecule has 2 N–H and O–H groups in total. The van der Waals surface area contributed by atoms with Crippen molar-refractivity contribution in [2.45, 2.75) is 18.4 Å². The van der Waals surface area contributed by atoms with Crippen molar-refractivity contribution in [3.63, 3.8) is 0 Å². The summed E-state index contributed by atoms with van der Waals surface area (Å²) in [7, 11) is -4.01. The van der Waals surface area contributed by atoms with Crippen molar-refractivity contribution in [1.82, 2.24) is 10.7 Å². The molecule has 0 aliphatic rings. The second kappa shape index (κ2) is 13.9. The molecular weight excluding hydrogens is 540 g/mol. The molecule has 10 heteroatoms. The Hall–Kier alpha value is -4.96. The van der Waals surface area contributed by atoms with Gasteiger partial charge in [0.2, 0.25) is 0 Å². The number of hydrogen-bond acceptors (Lipinski definition) is 6. The number of anilines is 1. The van der Waals surface area contributed by atoms with Crippen LogP contribution in [0.25, 0.3) is 0 Å². The van der Waals surface area contributed by atoms with E-state index in [9.17, 15) is 18.0 Å². The van der Waals surface area contributed by atoms with Crippen molar-refractivity contribution in [2.24, 2.45) is 5.10 Å². The lowest BCUT2D eigenvalue weighted by Crippen LogP contribution is -2.40. The summed E-state index contributed by atoms with van der Waals surface area (Å²) in [5.41, 5.74) is 5.17. The molecule has 0 radical (unpaired) electrons. The van der Waals surface area contributed by atoms with Crippen LogP contribution in [0.15, 0.2) is 119 Å². The Bertz CT molecular complexity index is 1590. The highest BCUT2D eigenvalue weighted by Gasteiger charge is 2.28. The summed E-state index contributed by atoms with van der Waals surface area (Å²) in [6, 6.07) is 31.3. The van der Waals surface area contributed by atoms with Crippen LogP contribution in [0.3, 0.4) is 0 Å².